The van der Waals surface area contributed by atoms with Crippen LogP contribution in [0.25, 0.3) is 5.69 Å². The van der Waals surface area contributed by atoms with Gasteiger partial charge in [-0.25, -0.2) is 0 Å². The van der Waals surface area contributed by atoms with Crippen LogP contribution in [0.2, 0.25) is 18.1 Å². The summed E-state index contributed by atoms with van der Waals surface area (Å²) in [5.74, 6) is -0.0286. The Bertz CT molecular complexity index is 877. The minimum atomic E-state index is -1.88. The van der Waals surface area contributed by atoms with Crippen molar-refractivity contribution < 1.29 is 14.0 Å². The molecule has 1 aromatic carbocycles. The number of aryl methyl sites for hydroxylation is 1. The van der Waals surface area contributed by atoms with Crippen molar-refractivity contribution in [1.29, 1.82) is 0 Å². The molecule has 0 aliphatic carbocycles. The maximum Gasteiger partial charge on any atom is 0.256 e. The number of rotatable bonds is 5. The first-order valence-electron chi connectivity index (χ1n) is 10.5. The van der Waals surface area contributed by atoms with Gasteiger partial charge in [-0.1, -0.05) is 32.4 Å². The Morgan fingerprint density at radius 2 is 1.93 bits per heavy atom. The van der Waals surface area contributed by atoms with Crippen molar-refractivity contribution in [3.63, 3.8) is 0 Å². The number of aromatic nitrogens is 3. The fraction of sp³-hybridized carbons (Fsp3) is 0.591. The normalized spacial score (nSPS) is 20.4. The highest BCUT2D eigenvalue weighted by molar-refractivity contribution is 6.74. The van der Waals surface area contributed by atoms with E-state index in [1.54, 1.807) is 12.4 Å². The van der Waals surface area contributed by atoms with Gasteiger partial charge >= 0.3 is 0 Å². The fourth-order valence-corrected chi connectivity index (χ4v) is 4.25. The van der Waals surface area contributed by atoms with Gasteiger partial charge in [0.1, 0.15) is 0 Å². The molecule has 30 heavy (non-hydrogen) atoms. The predicted octanol–water partition coefficient (Wildman–Crippen LogP) is 3.83. The lowest BCUT2D eigenvalue weighted by Crippen LogP contribution is -2.53. The molecule has 0 spiro atoms. The molecule has 7 nitrogen and oxygen atoms in total. The van der Waals surface area contributed by atoms with Gasteiger partial charge in [0.25, 0.3) is 5.91 Å². The summed E-state index contributed by atoms with van der Waals surface area (Å²) in [4.78, 5) is 16.9. The number of ether oxygens (including phenoxy) is 1. The molecular weight excluding hydrogens is 396 g/mol. The number of amides is 1. The third kappa shape index (κ3) is 4.82. The number of hydrogen-bond acceptors (Lipinski definition) is 5. The summed E-state index contributed by atoms with van der Waals surface area (Å²) in [6, 6.07) is 5.75. The second kappa shape index (κ2) is 8.61. The van der Waals surface area contributed by atoms with E-state index in [1.165, 1.54) is 4.80 Å². The maximum atomic E-state index is 13.6. The standard InChI is InChI=1S/C22H34N4O3Si/c1-16-8-9-20(26-23-10-11-24-26)19(12-16)21(27)25-13-18(28-14-17(25)2)15-29-30(6,7)22(3,4)5/h8-12,17-18H,13-15H2,1-7H3. The van der Waals surface area contributed by atoms with Crippen LogP contribution < -0.4 is 0 Å². The van der Waals surface area contributed by atoms with Gasteiger partial charge in [-0.05, 0) is 44.1 Å². The first-order valence-corrected chi connectivity index (χ1v) is 13.4. The van der Waals surface area contributed by atoms with Crippen LogP contribution in [0.1, 0.15) is 43.6 Å². The van der Waals surface area contributed by atoms with Crippen molar-refractivity contribution in [2.75, 3.05) is 19.8 Å². The smallest absolute Gasteiger partial charge is 0.256 e. The summed E-state index contributed by atoms with van der Waals surface area (Å²) in [7, 11) is -1.88. The molecule has 2 atom stereocenters. The Morgan fingerprint density at radius 1 is 1.27 bits per heavy atom. The zero-order chi connectivity index (χ0) is 22.1. The number of carbonyl (C=O) groups excluding carboxylic acids is 1. The number of benzene rings is 1. The van der Waals surface area contributed by atoms with Gasteiger partial charge in [-0.2, -0.15) is 15.0 Å². The van der Waals surface area contributed by atoms with Gasteiger partial charge in [0, 0.05) is 6.54 Å². The summed E-state index contributed by atoms with van der Waals surface area (Å²) in [6.07, 6.45) is 3.09. The summed E-state index contributed by atoms with van der Waals surface area (Å²) >= 11 is 0. The molecule has 164 valence electrons. The summed E-state index contributed by atoms with van der Waals surface area (Å²) in [5.41, 5.74) is 2.31. The first kappa shape index (κ1) is 22.6. The maximum absolute atomic E-state index is 13.6. The van der Waals surface area contributed by atoms with Crippen molar-refractivity contribution in [2.45, 2.75) is 64.9 Å². The van der Waals surface area contributed by atoms with Crippen LogP contribution in [-0.2, 0) is 9.16 Å². The second-order valence-electron chi connectivity index (χ2n) is 9.67. The van der Waals surface area contributed by atoms with Gasteiger partial charge in [0.15, 0.2) is 8.32 Å². The van der Waals surface area contributed by atoms with E-state index < -0.39 is 8.32 Å². The number of carbonyl (C=O) groups is 1. The molecule has 1 aliphatic rings. The molecule has 0 N–H and O–H groups in total. The van der Waals surface area contributed by atoms with Gasteiger partial charge in [0.05, 0.1) is 49.0 Å². The summed E-state index contributed by atoms with van der Waals surface area (Å²) < 4.78 is 12.4. The van der Waals surface area contributed by atoms with Gasteiger partial charge in [0.2, 0.25) is 0 Å². The Kier molecular flexibility index (Phi) is 6.50. The molecule has 1 amide bonds. The molecule has 0 radical (unpaired) electrons. The van der Waals surface area contributed by atoms with Crippen LogP contribution >= 0.6 is 0 Å². The molecule has 0 saturated carbocycles. The topological polar surface area (TPSA) is 69.5 Å². The Hall–Kier alpha value is -2.03. The van der Waals surface area contributed by atoms with Crippen LogP contribution in [0.4, 0.5) is 0 Å². The van der Waals surface area contributed by atoms with E-state index in [1.807, 2.05) is 36.9 Å². The lowest BCUT2D eigenvalue weighted by molar-refractivity contribution is -0.0645. The molecule has 2 heterocycles. The van der Waals surface area contributed by atoms with E-state index in [2.05, 4.69) is 44.1 Å². The van der Waals surface area contributed by atoms with Crippen LogP contribution in [-0.4, -0.2) is 66.0 Å². The zero-order valence-corrected chi connectivity index (χ0v) is 20.2. The Labute approximate surface area is 180 Å². The molecule has 1 saturated heterocycles. The summed E-state index contributed by atoms with van der Waals surface area (Å²) in [5, 5.41) is 8.56. The third-order valence-electron chi connectivity index (χ3n) is 6.22. The van der Waals surface area contributed by atoms with Crippen LogP contribution in [0.15, 0.2) is 30.6 Å². The number of nitrogens with zero attached hydrogens (tertiary/aromatic N) is 4. The molecular formula is C22H34N4O3Si. The van der Waals surface area contributed by atoms with Gasteiger partial charge in [-0.15, -0.1) is 0 Å². The first-order chi connectivity index (χ1) is 14.0. The minimum Gasteiger partial charge on any atom is -0.414 e. The predicted molar refractivity (Wildman–Crippen MR) is 119 cm³/mol. The van der Waals surface area contributed by atoms with E-state index in [0.717, 1.165) is 5.56 Å². The second-order valence-corrected chi connectivity index (χ2v) is 14.5. The van der Waals surface area contributed by atoms with E-state index in [9.17, 15) is 4.79 Å². The molecule has 2 unspecified atom stereocenters. The van der Waals surface area contributed by atoms with Crippen molar-refractivity contribution in [3.8, 4) is 5.69 Å². The number of morpholine rings is 1. The largest absolute Gasteiger partial charge is 0.414 e. The minimum absolute atomic E-state index is 0.0134. The SMILES string of the molecule is Cc1ccc(-n2nccn2)c(C(=O)N2CC(CO[Si](C)(C)C(C)(C)C)OCC2C)c1. The highest BCUT2D eigenvalue weighted by atomic mass is 28.4. The molecule has 1 aliphatic heterocycles. The van der Waals surface area contributed by atoms with Crippen LogP contribution in [0.5, 0.6) is 0 Å². The molecule has 3 rings (SSSR count). The Balaban J connectivity index is 1.78. The summed E-state index contributed by atoms with van der Waals surface area (Å²) in [6.45, 7) is 16.7. The fourth-order valence-electron chi connectivity index (χ4n) is 3.21. The Morgan fingerprint density at radius 3 is 2.57 bits per heavy atom. The highest BCUT2D eigenvalue weighted by Gasteiger charge is 2.39. The molecule has 0 bridgehead atoms. The molecule has 1 fully saturated rings. The highest BCUT2D eigenvalue weighted by Crippen LogP contribution is 2.36. The van der Waals surface area contributed by atoms with Gasteiger partial charge in [-0.3, -0.25) is 4.79 Å². The third-order valence-corrected chi connectivity index (χ3v) is 10.7. The molecule has 8 heteroatoms. The van der Waals surface area contributed by atoms with Crippen molar-refractivity contribution >= 4 is 14.2 Å². The van der Waals surface area contributed by atoms with E-state index in [0.29, 0.717) is 31.0 Å². The molecule has 2 aromatic rings. The van der Waals surface area contributed by atoms with Crippen LogP contribution in [0.3, 0.4) is 0 Å². The van der Waals surface area contributed by atoms with Crippen LogP contribution in [0, 0.1) is 6.92 Å². The quantitative estimate of drug-likeness (QED) is 0.675. The van der Waals surface area contributed by atoms with Gasteiger partial charge < -0.3 is 14.1 Å². The average molecular weight is 431 g/mol. The molecule has 1 aromatic heterocycles. The van der Waals surface area contributed by atoms with Crippen molar-refractivity contribution in [2.24, 2.45) is 0 Å². The van der Waals surface area contributed by atoms with E-state index >= 15 is 0 Å². The zero-order valence-electron chi connectivity index (χ0n) is 19.2. The average Bonchev–Trinajstić information content (AvgIpc) is 3.20. The number of hydrogen-bond donors (Lipinski definition) is 0. The monoisotopic (exact) mass is 430 g/mol. The lowest BCUT2D eigenvalue weighted by Gasteiger charge is -2.41. The van der Waals surface area contributed by atoms with E-state index in [4.69, 9.17) is 9.16 Å². The van der Waals surface area contributed by atoms with Crippen molar-refractivity contribution in [3.05, 3.63) is 41.7 Å². The lowest BCUT2D eigenvalue weighted by atomic mass is 10.1. The van der Waals surface area contributed by atoms with E-state index in [-0.39, 0.29) is 23.1 Å². The van der Waals surface area contributed by atoms with Crippen molar-refractivity contribution in [1.82, 2.24) is 19.9 Å².